The molecule has 106 valence electrons. The lowest BCUT2D eigenvalue weighted by atomic mass is 9.94. The van der Waals surface area contributed by atoms with E-state index in [-0.39, 0.29) is 5.66 Å². The van der Waals surface area contributed by atoms with Crippen molar-refractivity contribution in [1.29, 1.82) is 0 Å². The highest BCUT2D eigenvalue weighted by Gasteiger charge is 2.29. The molecule has 0 bridgehead atoms. The molecule has 2 rings (SSSR count). The molecule has 2 nitrogen and oxygen atoms in total. The molecule has 2 heterocycles. The van der Waals surface area contributed by atoms with Crippen LogP contribution >= 0.6 is 11.8 Å². The Kier molecular flexibility index (Phi) is 5.40. The van der Waals surface area contributed by atoms with Crippen molar-refractivity contribution in [3.63, 3.8) is 0 Å². The summed E-state index contributed by atoms with van der Waals surface area (Å²) in [7, 11) is 0. The van der Waals surface area contributed by atoms with Gasteiger partial charge in [0, 0.05) is 17.8 Å². The number of piperidine rings is 1. The van der Waals surface area contributed by atoms with E-state index in [2.05, 4.69) is 43.2 Å². The van der Waals surface area contributed by atoms with Crippen molar-refractivity contribution in [1.82, 2.24) is 10.6 Å². The van der Waals surface area contributed by atoms with E-state index in [1.165, 1.54) is 50.8 Å². The van der Waals surface area contributed by atoms with E-state index in [9.17, 15) is 0 Å². The maximum Gasteiger partial charge on any atom is 0.0660 e. The monoisotopic (exact) mass is 270 g/mol. The van der Waals surface area contributed by atoms with Crippen LogP contribution in [0.5, 0.6) is 0 Å². The van der Waals surface area contributed by atoms with Crippen LogP contribution in [-0.2, 0) is 0 Å². The van der Waals surface area contributed by atoms with Crippen molar-refractivity contribution >= 4 is 11.8 Å². The Bertz CT molecular complexity index is 259. The van der Waals surface area contributed by atoms with Gasteiger partial charge in [0.05, 0.1) is 5.66 Å². The van der Waals surface area contributed by atoms with Crippen LogP contribution in [0.3, 0.4) is 0 Å². The van der Waals surface area contributed by atoms with Gasteiger partial charge in [0.15, 0.2) is 0 Å². The predicted octanol–water partition coefficient (Wildman–Crippen LogP) is 3.38. The van der Waals surface area contributed by atoms with Crippen LogP contribution in [0.4, 0.5) is 0 Å². The van der Waals surface area contributed by atoms with Crippen molar-refractivity contribution in [2.24, 2.45) is 5.92 Å². The van der Waals surface area contributed by atoms with Crippen LogP contribution in [-0.4, -0.2) is 29.3 Å². The molecule has 0 spiro atoms. The number of rotatable bonds is 3. The topological polar surface area (TPSA) is 24.1 Å². The summed E-state index contributed by atoms with van der Waals surface area (Å²) in [6, 6.07) is 0.666. The molecule has 2 aliphatic rings. The molecule has 0 aromatic carbocycles. The van der Waals surface area contributed by atoms with Crippen LogP contribution in [0, 0.1) is 5.92 Å². The van der Waals surface area contributed by atoms with Crippen LogP contribution in [0.15, 0.2) is 0 Å². The van der Waals surface area contributed by atoms with E-state index in [4.69, 9.17) is 0 Å². The van der Waals surface area contributed by atoms with Gasteiger partial charge in [-0.1, -0.05) is 13.3 Å². The van der Waals surface area contributed by atoms with Gasteiger partial charge < -0.3 is 0 Å². The van der Waals surface area contributed by atoms with Gasteiger partial charge in [0.2, 0.25) is 0 Å². The highest BCUT2D eigenvalue weighted by atomic mass is 32.2. The van der Waals surface area contributed by atoms with Gasteiger partial charge in [-0.15, -0.1) is 0 Å². The normalized spacial score (nSPS) is 42.5. The highest BCUT2D eigenvalue weighted by molar-refractivity contribution is 7.99. The zero-order valence-corrected chi connectivity index (χ0v) is 13.1. The standard InChI is InChI=1S/C15H30N2S/c1-12-6-5-9-15(3,17-12)16-10-14-8-4-7-13(2)18-11-14/h12-14,16-17H,4-11H2,1-3H3/t12?,13?,14-,15?/m1/s1. The lowest BCUT2D eigenvalue weighted by molar-refractivity contribution is 0.180. The molecule has 0 saturated carbocycles. The summed E-state index contributed by atoms with van der Waals surface area (Å²) in [5.74, 6) is 2.22. The number of thioether (sulfide) groups is 1. The maximum absolute atomic E-state index is 3.82. The molecular weight excluding hydrogens is 240 g/mol. The molecule has 3 heteroatoms. The van der Waals surface area contributed by atoms with Crippen molar-refractivity contribution in [3.8, 4) is 0 Å². The molecule has 0 amide bonds. The smallest absolute Gasteiger partial charge is 0.0660 e. The summed E-state index contributed by atoms with van der Waals surface area (Å²) < 4.78 is 0. The number of hydrogen-bond acceptors (Lipinski definition) is 3. The first kappa shape index (κ1) is 14.7. The second-order valence-electron chi connectivity index (χ2n) is 6.59. The van der Waals surface area contributed by atoms with E-state index in [1.54, 1.807) is 0 Å². The van der Waals surface area contributed by atoms with Crippen molar-refractivity contribution < 1.29 is 0 Å². The Morgan fingerprint density at radius 3 is 2.83 bits per heavy atom. The van der Waals surface area contributed by atoms with Crippen molar-refractivity contribution in [2.75, 3.05) is 12.3 Å². The molecule has 2 aliphatic heterocycles. The molecule has 2 saturated heterocycles. The Hall–Kier alpha value is 0.270. The van der Waals surface area contributed by atoms with Gasteiger partial charge in [-0.2, -0.15) is 11.8 Å². The fourth-order valence-corrected chi connectivity index (χ4v) is 4.50. The lowest BCUT2D eigenvalue weighted by Crippen LogP contribution is -2.60. The van der Waals surface area contributed by atoms with Crippen LogP contribution < -0.4 is 10.6 Å². The zero-order valence-electron chi connectivity index (χ0n) is 12.3. The van der Waals surface area contributed by atoms with Crippen molar-refractivity contribution in [2.45, 2.75) is 76.3 Å². The average molecular weight is 270 g/mol. The quantitative estimate of drug-likeness (QED) is 0.822. The lowest BCUT2D eigenvalue weighted by Gasteiger charge is -2.40. The zero-order chi connectivity index (χ0) is 13.0. The molecule has 2 N–H and O–H groups in total. The van der Waals surface area contributed by atoms with E-state index in [0.717, 1.165) is 11.2 Å². The van der Waals surface area contributed by atoms with E-state index >= 15 is 0 Å². The first-order valence-corrected chi connectivity index (χ1v) is 8.76. The summed E-state index contributed by atoms with van der Waals surface area (Å²) in [5, 5.41) is 8.43. The first-order valence-electron chi connectivity index (χ1n) is 7.72. The summed E-state index contributed by atoms with van der Waals surface area (Å²) in [6.45, 7) is 8.22. The molecule has 0 aliphatic carbocycles. The van der Waals surface area contributed by atoms with E-state index in [0.29, 0.717) is 6.04 Å². The molecule has 0 aromatic rings. The minimum Gasteiger partial charge on any atom is -0.299 e. The fraction of sp³-hybridized carbons (Fsp3) is 1.00. The molecule has 2 fully saturated rings. The van der Waals surface area contributed by atoms with Crippen LogP contribution in [0.25, 0.3) is 0 Å². The van der Waals surface area contributed by atoms with Gasteiger partial charge in [-0.05, 0) is 57.6 Å². The minimum atomic E-state index is 0.181. The third-order valence-electron chi connectivity index (χ3n) is 4.50. The van der Waals surface area contributed by atoms with E-state index in [1.807, 2.05) is 0 Å². The second kappa shape index (κ2) is 6.62. The molecule has 3 unspecified atom stereocenters. The SMILES string of the molecule is CC1CCCC(C)(NC[C@H]2CCCC(C)SC2)N1. The van der Waals surface area contributed by atoms with Crippen molar-refractivity contribution in [3.05, 3.63) is 0 Å². The number of nitrogens with one attached hydrogen (secondary N) is 2. The Labute approximate surface area is 117 Å². The van der Waals surface area contributed by atoms with Crippen LogP contribution in [0.2, 0.25) is 0 Å². The highest BCUT2D eigenvalue weighted by Crippen LogP contribution is 2.28. The third-order valence-corrected chi connectivity index (χ3v) is 5.97. The van der Waals surface area contributed by atoms with Crippen LogP contribution in [0.1, 0.15) is 59.3 Å². The molecule has 0 radical (unpaired) electrons. The summed E-state index contributed by atoms with van der Waals surface area (Å²) in [6.07, 6.45) is 8.19. The van der Waals surface area contributed by atoms with Gasteiger partial charge in [0.1, 0.15) is 0 Å². The molecule has 18 heavy (non-hydrogen) atoms. The van der Waals surface area contributed by atoms with Gasteiger partial charge in [-0.3, -0.25) is 10.6 Å². The summed E-state index contributed by atoms with van der Waals surface area (Å²) in [4.78, 5) is 0. The Morgan fingerprint density at radius 2 is 2.06 bits per heavy atom. The Morgan fingerprint density at radius 1 is 1.22 bits per heavy atom. The average Bonchev–Trinajstić information content (AvgIpc) is 2.51. The molecule has 0 aromatic heterocycles. The number of hydrogen-bond donors (Lipinski definition) is 2. The van der Waals surface area contributed by atoms with E-state index < -0.39 is 0 Å². The summed E-state index contributed by atoms with van der Waals surface area (Å²) >= 11 is 2.17. The largest absolute Gasteiger partial charge is 0.299 e. The van der Waals surface area contributed by atoms with Gasteiger partial charge in [0.25, 0.3) is 0 Å². The van der Waals surface area contributed by atoms with Gasteiger partial charge >= 0.3 is 0 Å². The molecule has 4 atom stereocenters. The predicted molar refractivity (Wildman–Crippen MR) is 82.1 cm³/mol. The molecular formula is C15H30N2S. The summed E-state index contributed by atoms with van der Waals surface area (Å²) in [5.41, 5.74) is 0.181. The van der Waals surface area contributed by atoms with Gasteiger partial charge in [-0.25, -0.2) is 0 Å². The maximum atomic E-state index is 3.82. The fourth-order valence-electron chi connectivity index (χ4n) is 3.28. The Balaban J connectivity index is 1.76. The first-order chi connectivity index (χ1) is 8.57. The minimum absolute atomic E-state index is 0.181. The second-order valence-corrected chi connectivity index (χ2v) is 8.06. The third kappa shape index (κ3) is 4.43.